The van der Waals surface area contributed by atoms with Crippen LogP contribution in [0.4, 0.5) is 0 Å². The molecular formula is C11H23NO3S. The predicted molar refractivity (Wildman–Crippen MR) is 64.6 cm³/mol. The molecule has 5 heteroatoms. The molecule has 0 bridgehead atoms. The molecule has 0 heterocycles. The van der Waals surface area contributed by atoms with Crippen molar-refractivity contribution in [1.29, 1.82) is 0 Å². The molecule has 4 nitrogen and oxygen atoms in total. The molecule has 2 unspecified atom stereocenters. The van der Waals surface area contributed by atoms with Gasteiger partial charge >= 0.3 is 0 Å². The Balaban J connectivity index is 2.52. The second-order valence-corrected chi connectivity index (χ2v) is 8.12. The zero-order valence-corrected chi connectivity index (χ0v) is 11.2. The van der Waals surface area contributed by atoms with Crippen molar-refractivity contribution >= 4 is 10.0 Å². The first-order valence-electron chi connectivity index (χ1n) is 5.88. The summed E-state index contributed by atoms with van der Waals surface area (Å²) in [5, 5.41) is 9.15. The lowest BCUT2D eigenvalue weighted by Gasteiger charge is -2.23. The number of rotatable bonds is 4. The molecule has 0 saturated heterocycles. The minimum Gasteiger partial charge on any atom is -0.396 e. The number of aliphatic hydroxyl groups excluding tert-OH is 1. The van der Waals surface area contributed by atoms with E-state index >= 15 is 0 Å². The van der Waals surface area contributed by atoms with Crippen LogP contribution in [0.25, 0.3) is 0 Å². The number of sulfonamides is 1. The van der Waals surface area contributed by atoms with Gasteiger partial charge in [-0.3, -0.25) is 0 Å². The molecule has 0 radical (unpaired) electrons. The van der Waals surface area contributed by atoms with Gasteiger partial charge in [-0.05, 0) is 45.4 Å². The van der Waals surface area contributed by atoms with Gasteiger partial charge in [-0.2, -0.15) is 0 Å². The smallest absolute Gasteiger partial charge is 0.216 e. The van der Waals surface area contributed by atoms with Crippen LogP contribution < -0.4 is 4.72 Å². The Morgan fingerprint density at radius 2 is 1.81 bits per heavy atom. The number of aliphatic hydroxyl groups is 1. The van der Waals surface area contributed by atoms with Crippen LogP contribution in [0, 0.1) is 11.8 Å². The molecule has 0 aliphatic heterocycles. The van der Waals surface area contributed by atoms with Crippen molar-refractivity contribution in [2.24, 2.45) is 11.8 Å². The normalized spacial score (nSPS) is 27.2. The van der Waals surface area contributed by atoms with Crippen LogP contribution in [-0.4, -0.2) is 31.4 Å². The van der Waals surface area contributed by atoms with Gasteiger partial charge in [-0.25, -0.2) is 13.1 Å². The number of nitrogens with one attached hydrogen (secondary N) is 1. The van der Waals surface area contributed by atoms with Crippen molar-refractivity contribution in [3.05, 3.63) is 0 Å². The highest BCUT2D eigenvalue weighted by molar-refractivity contribution is 7.90. The maximum atomic E-state index is 11.8. The van der Waals surface area contributed by atoms with E-state index in [1.54, 1.807) is 20.8 Å². The molecule has 1 fully saturated rings. The molecule has 0 aromatic rings. The Morgan fingerprint density at radius 3 is 2.31 bits per heavy atom. The molecule has 1 saturated carbocycles. The maximum absolute atomic E-state index is 11.8. The summed E-state index contributed by atoms with van der Waals surface area (Å²) in [5.41, 5.74) is 0. The standard InChI is InChI=1S/C11H23NO3S/c1-11(2,3)16(14,15)12-7-9-5-4-6-10(9)8-13/h9-10,12-13H,4-8H2,1-3H3. The Hall–Kier alpha value is -0.130. The van der Waals surface area contributed by atoms with Gasteiger partial charge in [0.2, 0.25) is 10.0 Å². The van der Waals surface area contributed by atoms with Crippen molar-refractivity contribution in [2.45, 2.75) is 44.8 Å². The van der Waals surface area contributed by atoms with Gasteiger partial charge in [0.1, 0.15) is 0 Å². The lowest BCUT2D eigenvalue weighted by molar-refractivity contribution is 0.195. The molecule has 1 aliphatic carbocycles. The topological polar surface area (TPSA) is 66.4 Å². The summed E-state index contributed by atoms with van der Waals surface area (Å²) in [6.07, 6.45) is 3.11. The first kappa shape index (κ1) is 13.9. The minimum atomic E-state index is -3.25. The van der Waals surface area contributed by atoms with Gasteiger partial charge in [-0.15, -0.1) is 0 Å². The highest BCUT2D eigenvalue weighted by atomic mass is 32.2. The van der Waals surface area contributed by atoms with Crippen molar-refractivity contribution in [3.8, 4) is 0 Å². The molecule has 1 rings (SSSR count). The fourth-order valence-electron chi connectivity index (χ4n) is 2.06. The lowest BCUT2D eigenvalue weighted by Crippen LogP contribution is -2.42. The van der Waals surface area contributed by atoms with E-state index in [4.69, 9.17) is 5.11 Å². The van der Waals surface area contributed by atoms with E-state index < -0.39 is 14.8 Å². The number of hydrogen-bond acceptors (Lipinski definition) is 3. The summed E-state index contributed by atoms with van der Waals surface area (Å²) >= 11 is 0. The average Bonchev–Trinajstić information content (AvgIpc) is 2.60. The van der Waals surface area contributed by atoms with Crippen LogP contribution in [-0.2, 0) is 10.0 Å². The molecule has 2 N–H and O–H groups in total. The lowest BCUT2D eigenvalue weighted by atomic mass is 9.97. The van der Waals surface area contributed by atoms with Gasteiger partial charge < -0.3 is 5.11 Å². The van der Waals surface area contributed by atoms with E-state index in [1.807, 2.05) is 0 Å². The summed E-state index contributed by atoms with van der Waals surface area (Å²) in [5.74, 6) is 0.560. The van der Waals surface area contributed by atoms with Gasteiger partial charge in [-0.1, -0.05) is 6.42 Å². The van der Waals surface area contributed by atoms with E-state index in [2.05, 4.69) is 4.72 Å². The van der Waals surface area contributed by atoms with E-state index in [0.29, 0.717) is 12.5 Å². The molecule has 0 spiro atoms. The average molecular weight is 249 g/mol. The Morgan fingerprint density at radius 1 is 1.25 bits per heavy atom. The maximum Gasteiger partial charge on any atom is 0.216 e. The van der Waals surface area contributed by atoms with Crippen molar-refractivity contribution in [1.82, 2.24) is 4.72 Å². The van der Waals surface area contributed by atoms with Crippen molar-refractivity contribution in [3.63, 3.8) is 0 Å². The summed E-state index contributed by atoms with van der Waals surface area (Å²) in [6, 6.07) is 0. The van der Waals surface area contributed by atoms with Crippen LogP contribution in [0.3, 0.4) is 0 Å². The summed E-state index contributed by atoms with van der Waals surface area (Å²) in [6.45, 7) is 5.70. The molecule has 0 aromatic heterocycles. The third kappa shape index (κ3) is 3.18. The summed E-state index contributed by atoms with van der Waals surface area (Å²) < 4.78 is 25.6. The van der Waals surface area contributed by atoms with Gasteiger partial charge in [0.05, 0.1) is 4.75 Å². The first-order chi connectivity index (χ1) is 7.28. The Kier molecular flexibility index (Phi) is 4.37. The fraction of sp³-hybridized carbons (Fsp3) is 1.00. The molecule has 0 amide bonds. The van der Waals surface area contributed by atoms with Gasteiger partial charge in [0.15, 0.2) is 0 Å². The molecule has 96 valence electrons. The predicted octanol–water partition coefficient (Wildman–Crippen LogP) is 1.11. The van der Waals surface area contributed by atoms with E-state index in [-0.39, 0.29) is 12.5 Å². The fourth-order valence-corrected chi connectivity index (χ4v) is 2.92. The summed E-state index contributed by atoms with van der Waals surface area (Å²) in [4.78, 5) is 0. The second kappa shape index (κ2) is 5.02. The van der Waals surface area contributed by atoms with E-state index in [0.717, 1.165) is 19.3 Å². The second-order valence-electron chi connectivity index (χ2n) is 5.60. The number of hydrogen-bond donors (Lipinski definition) is 2. The van der Waals surface area contributed by atoms with Crippen LogP contribution >= 0.6 is 0 Å². The van der Waals surface area contributed by atoms with Gasteiger partial charge in [0, 0.05) is 13.2 Å². The van der Waals surface area contributed by atoms with Crippen LogP contribution in [0.15, 0.2) is 0 Å². The molecule has 2 atom stereocenters. The third-order valence-electron chi connectivity index (χ3n) is 3.39. The quantitative estimate of drug-likeness (QED) is 0.784. The zero-order chi connectivity index (χ0) is 12.4. The Labute approximate surface area is 98.5 Å². The Bertz CT molecular complexity index is 319. The monoisotopic (exact) mass is 249 g/mol. The van der Waals surface area contributed by atoms with Crippen LogP contribution in [0.2, 0.25) is 0 Å². The van der Waals surface area contributed by atoms with Gasteiger partial charge in [0.25, 0.3) is 0 Å². The van der Waals surface area contributed by atoms with Crippen molar-refractivity contribution < 1.29 is 13.5 Å². The summed E-state index contributed by atoms with van der Waals surface area (Å²) in [7, 11) is -3.25. The highest BCUT2D eigenvalue weighted by Crippen LogP contribution is 2.31. The van der Waals surface area contributed by atoms with Crippen molar-refractivity contribution in [2.75, 3.05) is 13.2 Å². The third-order valence-corrected chi connectivity index (χ3v) is 5.55. The molecule has 1 aliphatic rings. The highest BCUT2D eigenvalue weighted by Gasteiger charge is 2.32. The van der Waals surface area contributed by atoms with Crippen LogP contribution in [0.1, 0.15) is 40.0 Å². The van der Waals surface area contributed by atoms with Crippen LogP contribution in [0.5, 0.6) is 0 Å². The largest absolute Gasteiger partial charge is 0.396 e. The SMILES string of the molecule is CC(C)(C)S(=O)(=O)NCC1CCCC1CO. The molecule has 16 heavy (non-hydrogen) atoms. The molecule has 0 aromatic carbocycles. The molecular weight excluding hydrogens is 226 g/mol. The minimum absolute atomic E-state index is 0.169. The van der Waals surface area contributed by atoms with E-state index in [9.17, 15) is 8.42 Å². The van der Waals surface area contributed by atoms with E-state index in [1.165, 1.54) is 0 Å². The first-order valence-corrected chi connectivity index (χ1v) is 7.36. The zero-order valence-electron chi connectivity index (χ0n) is 10.4.